The molecule has 0 aliphatic carbocycles. The molecule has 0 unspecified atom stereocenters. The molecule has 1 heterocycles. The van der Waals surface area contributed by atoms with Gasteiger partial charge in [-0.25, -0.2) is 0 Å². The van der Waals surface area contributed by atoms with Gasteiger partial charge in [-0.05, 0) is 65.9 Å². The number of para-hydroxylation sites is 2. The molecule has 0 saturated heterocycles. The van der Waals surface area contributed by atoms with Gasteiger partial charge < -0.3 is 0 Å². The van der Waals surface area contributed by atoms with Crippen LogP contribution in [0.25, 0.3) is 11.0 Å². The minimum atomic E-state index is -0.141. The van der Waals surface area contributed by atoms with Gasteiger partial charge in [0.2, 0.25) is 0 Å². The third-order valence-corrected chi connectivity index (χ3v) is 3.33. The van der Waals surface area contributed by atoms with Crippen LogP contribution in [0.4, 0.5) is 0 Å². The van der Waals surface area contributed by atoms with E-state index < -0.39 is 0 Å². The lowest BCUT2D eigenvalue weighted by Gasteiger charge is -2.11. The molecule has 0 aliphatic heterocycles. The molecule has 0 amide bonds. The molecule has 0 radical (unpaired) electrons. The highest BCUT2D eigenvalue weighted by atomic mass is 32.1. The fourth-order valence-electron chi connectivity index (χ4n) is 1.88. The zero-order valence-electron chi connectivity index (χ0n) is 14.2. The van der Waals surface area contributed by atoms with E-state index in [4.69, 9.17) is 12.2 Å². The highest BCUT2D eigenvalue weighted by molar-refractivity contribution is 7.71. The predicted molar refractivity (Wildman–Crippen MR) is 98.0 cm³/mol. The first kappa shape index (κ1) is 16.6. The minimum absolute atomic E-state index is 0.141. The van der Waals surface area contributed by atoms with E-state index in [1.165, 1.54) is 0 Å². The van der Waals surface area contributed by atoms with Gasteiger partial charge in [0.15, 0.2) is 4.77 Å². The molecule has 22 heavy (non-hydrogen) atoms. The van der Waals surface area contributed by atoms with E-state index in [1.54, 1.807) is 0 Å². The fourth-order valence-corrected chi connectivity index (χ4v) is 2.17. The van der Waals surface area contributed by atoms with Gasteiger partial charge in [-0.2, -0.15) is 0 Å². The lowest BCUT2D eigenvalue weighted by atomic mass is 10.1. The summed E-state index contributed by atoms with van der Waals surface area (Å²) in [5.41, 5.74) is 1.77. The Bertz CT molecular complexity index is 716. The predicted octanol–water partition coefficient (Wildman–Crippen LogP) is 4.52. The van der Waals surface area contributed by atoms with Gasteiger partial charge in [0, 0.05) is 0 Å². The van der Waals surface area contributed by atoms with Crippen molar-refractivity contribution in [3.05, 3.63) is 29.0 Å². The van der Waals surface area contributed by atoms with Gasteiger partial charge >= 0.3 is 0 Å². The van der Waals surface area contributed by atoms with Crippen LogP contribution < -0.4 is 0 Å². The van der Waals surface area contributed by atoms with E-state index in [9.17, 15) is 0 Å². The summed E-state index contributed by atoms with van der Waals surface area (Å²) in [5.74, 6) is 0. The number of aliphatic imine (C=N–C) groups is 2. The Labute approximate surface area is 137 Å². The van der Waals surface area contributed by atoms with Crippen LogP contribution in [0.2, 0.25) is 0 Å². The Kier molecular flexibility index (Phi) is 4.38. The number of imidazole rings is 1. The molecule has 0 aliphatic rings. The first-order chi connectivity index (χ1) is 10.1. The first-order valence-electron chi connectivity index (χ1n) is 7.41. The highest BCUT2D eigenvalue weighted by Gasteiger charge is 2.11. The molecule has 0 bridgehead atoms. The van der Waals surface area contributed by atoms with Crippen LogP contribution in [-0.2, 0) is 0 Å². The zero-order valence-corrected chi connectivity index (χ0v) is 15.0. The molecule has 0 fully saturated rings. The number of fused-ring (bicyclic) bond motifs is 1. The van der Waals surface area contributed by atoms with Crippen molar-refractivity contribution in [3.8, 4) is 0 Å². The zero-order chi connectivity index (χ0) is 16.5. The van der Waals surface area contributed by atoms with E-state index in [0.717, 1.165) is 11.0 Å². The van der Waals surface area contributed by atoms with Crippen molar-refractivity contribution in [2.45, 2.75) is 52.6 Å². The number of benzene rings is 1. The van der Waals surface area contributed by atoms with Crippen molar-refractivity contribution in [2.24, 2.45) is 9.98 Å². The van der Waals surface area contributed by atoms with Crippen molar-refractivity contribution in [1.82, 2.24) is 9.13 Å². The van der Waals surface area contributed by atoms with Crippen LogP contribution >= 0.6 is 12.2 Å². The van der Waals surface area contributed by atoms with Crippen LogP contribution in [0.1, 0.15) is 41.5 Å². The Balaban J connectivity index is 2.65. The van der Waals surface area contributed by atoms with Crippen LogP contribution in [-0.4, -0.2) is 32.9 Å². The van der Waals surface area contributed by atoms with Gasteiger partial charge in [0.05, 0.1) is 34.8 Å². The molecule has 2 aromatic rings. The van der Waals surface area contributed by atoms with E-state index in [0.29, 0.717) is 4.77 Å². The van der Waals surface area contributed by atoms with Crippen molar-refractivity contribution < 1.29 is 0 Å². The summed E-state index contributed by atoms with van der Waals surface area (Å²) in [7, 11) is 0. The van der Waals surface area contributed by atoms with E-state index in [1.807, 2.05) is 46.1 Å². The van der Waals surface area contributed by atoms with Crippen molar-refractivity contribution in [2.75, 3.05) is 0 Å². The molecule has 118 valence electrons. The molecule has 1 aromatic carbocycles. The largest absolute Gasteiger partial charge is 0.275 e. The number of nitrogens with zero attached hydrogens (tertiary/aromatic N) is 4. The molecule has 0 saturated carbocycles. The molecule has 0 atom stereocenters. The number of hydrogen-bond acceptors (Lipinski definition) is 3. The van der Waals surface area contributed by atoms with Crippen LogP contribution in [0.3, 0.4) is 0 Å². The number of rotatable bonds is 2. The van der Waals surface area contributed by atoms with Gasteiger partial charge in [-0.1, -0.05) is 12.1 Å². The van der Waals surface area contributed by atoms with Crippen LogP contribution in [0, 0.1) is 4.77 Å². The molecule has 1 aromatic heterocycles. The fraction of sp³-hybridized carbons (Fsp3) is 0.471. The number of hydrogen-bond donors (Lipinski definition) is 0. The van der Waals surface area contributed by atoms with Crippen molar-refractivity contribution in [1.29, 1.82) is 0 Å². The standard InChI is InChI=1S/C17H24N4S/c1-16(2,3)18-11-20-13-9-7-8-10-14(13)21(15(20)22)12-19-17(4,5)6/h7-12H,1-6H3. The summed E-state index contributed by atoms with van der Waals surface area (Å²) in [4.78, 5) is 9.15. The third kappa shape index (κ3) is 3.91. The minimum Gasteiger partial charge on any atom is -0.275 e. The lowest BCUT2D eigenvalue weighted by Crippen LogP contribution is -2.13. The van der Waals surface area contributed by atoms with Gasteiger partial charge in [0.25, 0.3) is 0 Å². The van der Waals surface area contributed by atoms with Crippen molar-refractivity contribution >= 4 is 35.9 Å². The maximum absolute atomic E-state index is 5.61. The Morgan fingerprint density at radius 1 is 0.818 bits per heavy atom. The second-order valence-corrected chi connectivity index (χ2v) is 7.71. The quantitative estimate of drug-likeness (QED) is 0.455. The molecule has 2 rings (SSSR count). The van der Waals surface area contributed by atoms with Crippen LogP contribution in [0.15, 0.2) is 34.3 Å². The topological polar surface area (TPSA) is 34.6 Å². The van der Waals surface area contributed by atoms with Crippen LogP contribution in [0.5, 0.6) is 0 Å². The summed E-state index contributed by atoms with van der Waals surface area (Å²) in [6, 6.07) is 8.09. The number of aromatic nitrogens is 2. The van der Waals surface area contributed by atoms with Gasteiger partial charge in [-0.3, -0.25) is 19.1 Å². The summed E-state index contributed by atoms with van der Waals surface area (Å²) < 4.78 is 4.54. The van der Waals surface area contributed by atoms with Gasteiger partial charge in [-0.15, -0.1) is 0 Å². The molecule has 4 nitrogen and oxygen atoms in total. The maximum Gasteiger partial charge on any atom is 0.191 e. The average Bonchev–Trinajstić information content (AvgIpc) is 2.64. The molecule has 5 heteroatoms. The average molecular weight is 316 g/mol. The Morgan fingerprint density at radius 3 is 1.50 bits per heavy atom. The smallest absolute Gasteiger partial charge is 0.191 e. The third-order valence-electron chi connectivity index (χ3n) is 2.93. The summed E-state index contributed by atoms with van der Waals surface area (Å²) in [6.07, 6.45) is 3.62. The van der Waals surface area contributed by atoms with E-state index >= 15 is 0 Å². The van der Waals surface area contributed by atoms with E-state index in [-0.39, 0.29) is 11.1 Å². The SMILES string of the molecule is CC(C)(C)N=Cn1c(=S)n(C=NC(C)(C)C)c2ccccc21. The second kappa shape index (κ2) is 5.80. The Morgan fingerprint density at radius 2 is 1.18 bits per heavy atom. The summed E-state index contributed by atoms with van der Waals surface area (Å²) in [6.45, 7) is 12.4. The molecule has 0 spiro atoms. The van der Waals surface area contributed by atoms with Crippen molar-refractivity contribution in [3.63, 3.8) is 0 Å². The second-order valence-electron chi connectivity index (χ2n) is 7.34. The first-order valence-corrected chi connectivity index (χ1v) is 7.81. The molecular weight excluding hydrogens is 292 g/mol. The maximum atomic E-state index is 5.61. The molecule has 0 N–H and O–H groups in total. The highest BCUT2D eigenvalue weighted by Crippen LogP contribution is 2.17. The normalized spacial score (nSPS) is 13.7. The molecular formula is C17H24N4S. The summed E-state index contributed by atoms with van der Waals surface area (Å²) in [5, 5.41) is 0. The lowest BCUT2D eigenvalue weighted by molar-refractivity contribution is 0.583. The summed E-state index contributed by atoms with van der Waals surface area (Å²) >= 11 is 5.61. The van der Waals surface area contributed by atoms with E-state index in [2.05, 4.69) is 51.5 Å². The monoisotopic (exact) mass is 316 g/mol. The Hall–Kier alpha value is -1.75. The van der Waals surface area contributed by atoms with Gasteiger partial charge in [0.1, 0.15) is 0 Å².